The molecule has 1 unspecified atom stereocenters. The van der Waals surface area contributed by atoms with Gasteiger partial charge in [-0.15, -0.1) is 0 Å². The van der Waals surface area contributed by atoms with E-state index in [1.165, 1.54) is 0 Å². The van der Waals surface area contributed by atoms with Crippen LogP contribution in [0.25, 0.3) is 0 Å². The summed E-state index contributed by atoms with van der Waals surface area (Å²) in [5.41, 5.74) is 1.31. The van der Waals surface area contributed by atoms with Gasteiger partial charge in [0.2, 0.25) is 0 Å². The zero-order valence-corrected chi connectivity index (χ0v) is 11.6. The highest BCUT2D eigenvalue weighted by molar-refractivity contribution is 5.56. The van der Waals surface area contributed by atoms with E-state index in [0.717, 1.165) is 11.3 Å². The van der Waals surface area contributed by atoms with E-state index in [1.54, 1.807) is 13.1 Å². The van der Waals surface area contributed by atoms with Crippen molar-refractivity contribution >= 4 is 5.69 Å². The molecule has 0 aliphatic heterocycles. The van der Waals surface area contributed by atoms with Crippen molar-refractivity contribution in [3.05, 3.63) is 59.9 Å². The summed E-state index contributed by atoms with van der Waals surface area (Å²) in [5.74, 6) is 0. The Morgan fingerprint density at radius 1 is 1.11 bits per heavy atom. The van der Waals surface area contributed by atoms with Crippen LogP contribution in [0.4, 0.5) is 5.69 Å². The first-order valence-corrected chi connectivity index (χ1v) is 6.51. The molecule has 100 valence electrons. The van der Waals surface area contributed by atoms with Crippen molar-refractivity contribution < 1.29 is 5.11 Å². The van der Waals surface area contributed by atoms with E-state index >= 15 is 0 Å². The molecule has 0 aliphatic rings. The van der Waals surface area contributed by atoms with Crippen LogP contribution in [-0.4, -0.2) is 16.1 Å². The highest BCUT2D eigenvalue weighted by Gasteiger charge is 2.29. The van der Waals surface area contributed by atoms with Crippen LogP contribution in [0, 0.1) is 0 Å². The van der Waals surface area contributed by atoms with E-state index in [0.29, 0.717) is 11.7 Å². The Hall–Kier alpha value is -1.87. The average molecular weight is 256 g/mol. The predicted molar refractivity (Wildman–Crippen MR) is 78.1 cm³/mol. The van der Waals surface area contributed by atoms with Crippen LogP contribution < -0.4 is 5.32 Å². The number of aromatic nitrogens is 1. The number of benzene rings is 1. The fourth-order valence-electron chi connectivity index (χ4n) is 2.13. The van der Waals surface area contributed by atoms with Gasteiger partial charge in [0.15, 0.2) is 0 Å². The monoisotopic (exact) mass is 256 g/mol. The van der Waals surface area contributed by atoms with Gasteiger partial charge in [0.05, 0.1) is 5.69 Å². The van der Waals surface area contributed by atoms with Gasteiger partial charge in [-0.05, 0) is 39.0 Å². The molecule has 0 fully saturated rings. The van der Waals surface area contributed by atoms with Crippen LogP contribution in [-0.2, 0) is 5.60 Å². The molecular formula is C16H20N2O. The second kappa shape index (κ2) is 5.41. The summed E-state index contributed by atoms with van der Waals surface area (Å²) in [6.45, 7) is 5.93. The molecule has 0 saturated heterocycles. The zero-order valence-electron chi connectivity index (χ0n) is 11.6. The van der Waals surface area contributed by atoms with E-state index in [9.17, 15) is 5.11 Å². The third-order valence-corrected chi connectivity index (χ3v) is 3.06. The van der Waals surface area contributed by atoms with Crippen LogP contribution in [0.15, 0.2) is 48.7 Å². The zero-order chi connectivity index (χ0) is 13.9. The summed E-state index contributed by atoms with van der Waals surface area (Å²) in [4.78, 5) is 4.27. The summed E-state index contributed by atoms with van der Waals surface area (Å²) in [6.07, 6.45) is 1.70. The Bertz CT molecular complexity index is 535. The number of hydrogen-bond donors (Lipinski definition) is 2. The number of nitrogens with one attached hydrogen (secondary N) is 1. The molecule has 3 heteroatoms. The fraction of sp³-hybridized carbons (Fsp3) is 0.312. The molecule has 2 aromatic rings. The van der Waals surface area contributed by atoms with Crippen molar-refractivity contribution in [2.75, 3.05) is 5.32 Å². The third kappa shape index (κ3) is 2.93. The molecule has 1 aromatic heterocycles. The first-order chi connectivity index (χ1) is 9.01. The second-order valence-corrected chi connectivity index (χ2v) is 5.13. The van der Waals surface area contributed by atoms with Crippen LogP contribution in [0.3, 0.4) is 0 Å². The van der Waals surface area contributed by atoms with Crippen LogP contribution >= 0.6 is 0 Å². The average Bonchev–Trinajstić information content (AvgIpc) is 2.39. The lowest BCUT2D eigenvalue weighted by atomic mass is 9.90. The topological polar surface area (TPSA) is 45.1 Å². The molecule has 1 atom stereocenters. The number of rotatable bonds is 4. The Kier molecular flexibility index (Phi) is 3.86. The minimum Gasteiger partial charge on any atom is -0.383 e. The number of pyridine rings is 1. The molecule has 1 heterocycles. The van der Waals surface area contributed by atoms with Crippen LogP contribution in [0.1, 0.15) is 32.0 Å². The largest absolute Gasteiger partial charge is 0.383 e. The van der Waals surface area contributed by atoms with Crippen LogP contribution in [0.2, 0.25) is 0 Å². The number of anilines is 1. The summed E-state index contributed by atoms with van der Waals surface area (Å²) >= 11 is 0. The van der Waals surface area contributed by atoms with E-state index in [4.69, 9.17) is 0 Å². The maximum Gasteiger partial charge on any atom is 0.131 e. The van der Waals surface area contributed by atoms with E-state index < -0.39 is 5.60 Å². The standard InChI is InChI=1S/C16H20N2O/c1-12(2)18-14-9-5-4-8-13(14)16(3,19)15-10-6-7-11-17-15/h4-12,18-19H,1-3H3. The van der Waals surface area contributed by atoms with Gasteiger partial charge < -0.3 is 10.4 Å². The first-order valence-electron chi connectivity index (χ1n) is 6.51. The van der Waals surface area contributed by atoms with Gasteiger partial charge in [-0.2, -0.15) is 0 Å². The minimum atomic E-state index is -1.11. The number of aliphatic hydroxyl groups is 1. The minimum absolute atomic E-state index is 0.306. The van der Waals surface area contributed by atoms with Gasteiger partial charge in [0.25, 0.3) is 0 Å². The van der Waals surface area contributed by atoms with Crippen molar-refractivity contribution in [3.8, 4) is 0 Å². The molecule has 0 radical (unpaired) electrons. The molecule has 0 spiro atoms. The Morgan fingerprint density at radius 3 is 2.42 bits per heavy atom. The van der Waals surface area contributed by atoms with Gasteiger partial charge >= 0.3 is 0 Å². The molecule has 0 bridgehead atoms. The lowest BCUT2D eigenvalue weighted by molar-refractivity contribution is 0.0981. The Morgan fingerprint density at radius 2 is 1.79 bits per heavy atom. The van der Waals surface area contributed by atoms with Crippen molar-refractivity contribution in [1.29, 1.82) is 0 Å². The van der Waals surface area contributed by atoms with Gasteiger partial charge in [0, 0.05) is 23.5 Å². The molecule has 2 rings (SSSR count). The van der Waals surface area contributed by atoms with E-state index in [1.807, 2.05) is 42.5 Å². The van der Waals surface area contributed by atoms with E-state index in [-0.39, 0.29) is 0 Å². The highest BCUT2D eigenvalue weighted by Crippen LogP contribution is 2.33. The molecule has 19 heavy (non-hydrogen) atoms. The van der Waals surface area contributed by atoms with Crippen LogP contribution in [0.5, 0.6) is 0 Å². The van der Waals surface area contributed by atoms with Crippen molar-refractivity contribution in [2.24, 2.45) is 0 Å². The predicted octanol–water partition coefficient (Wildman–Crippen LogP) is 3.16. The number of nitrogens with zero attached hydrogens (tertiary/aromatic N) is 1. The summed E-state index contributed by atoms with van der Waals surface area (Å²) < 4.78 is 0. The van der Waals surface area contributed by atoms with Gasteiger partial charge in [0.1, 0.15) is 5.60 Å². The lowest BCUT2D eigenvalue weighted by Crippen LogP contribution is -2.26. The molecule has 1 aromatic carbocycles. The van der Waals surface area contributed by atoms with Gasteiger partial charge in [-0.1, -0.05) is 24.3 Å². The fourth-order valence-corrected chi connectivity index (χ4v) is 2.13. The summed E-state index contributed by atoms with van der Waals surface area (Å²) in [5, 5.41) is 14.2. The quantitative estimate of drug-likeness (QED) is 0.883. The third-order valence-electron chi connectivity index (χ3n) is 3.06. The molecule has 3 nitrogen and oxygen atoms in total. The molecule has 0 amide bonds. The van der Waals surface area contributed by atoms with Gasteiger partial charge in [-0.3, -0.25) is 4.98 Å². The molecular weight excluding hydrogens is 236 g/mol. The lowest BCUT2D eigenvalue weighted by Gasteiger charge is -2.27. The highest BCUT2D eigenvalue weighted by atomic mass is 16.3. The normalized spacial score (nSPS) is 14.2. The summed E-state index contributed by atoms with van der Waals surface area (Å²) in [6, 6.07) is 13.7. The van der Waals surface area contributed by atoms with Crippen molar-refractivity contribution in [1.82, 2.24) is 4.98 Å². The van der Waals surface area contributed by atoms with E-state index in [2.05, 4.69) is 24.1 Å². The summed E-state index contributed by atoms with van der Waals surface area (Å²) in [7, 11) is 0. The number of hydrogen-bond acceptors (Lipinski definition) is 3. The SMILES string of the molecule is CC(C)Nc1ccccc1C(C)(O)c1ccccn1. The first kappa shape index (κ1) is 13.6. The van der Waals surface area contributed by atoms with Crippen molar-refractivity contribution in [2.45, 2.75) is 32.4 Å². The maximum atomic E-state index is 10.8. The maximum absolute atomic E-state index is 10.8. The Labute approximate surface area is 114 Å². The number of para-hydroxylation sites is 1. The smallest absolute Gasteiger partial charge is 0.131 e. The second-order valence-electron chi connectivity index (χ2n) is 5.13. The Balaban J connectivity index is 2.46. The molecule has 2 N–H and O–H groups in total. The molecule has 0 saturated carbocycles. The van der Waals surface area contributed by atoms with Crippen molar-refractivity contribution in [3.63, 3.8) is 0 Å². The molecule has 0 aliphatic carbocycles. The van der Waals surface area contributed by atoms with Gasteiger partial charge in [-0.25, -0.2) is 0 Å².